The summed E-state index contributed by atoms with van der Waals surface area (Å²) in [6, 6.07) is 21.2. The van der Waals surface area contributed by atoms with Crippen LogP contribution in [0.4, 0.5) is 16.2 Å². The normalized spacial score (nSPS) is 13.5. The lowest BCUT2D eigenvalue weighted by Gasteiger charge is -2.25. The van der Waals surface area contributed by atoms with Crippen LogP contribution in [0.5, 0.6) is 0 Å². The average Bonchev–Trinajstić information content (AvgIpc) is 3.20. The van der Waals surface area contributed by atoms with Crippen LogP contribution in [-0.2, 0) is 11.2 Å². The highest BCUT2D eigenvalue weighted by Gasteiger charge is 2.32. The van der Waals surface area contributed by atoms with E-state index < -0.39 is 12.1 Å². The minimum Gasteiger partial charge on any atom is -0.322 e. The van der Waals surface area contributed by atoms with Gasteiger partial charge in [-0.15, -0.1) is 0 Å². The van der Waals surface area contributed by atoms with Crippen molar-refractivity contribution in [2.75, 3.05) is 16.8 Å². The van der Waals surface area contributed by atoms with Gasteiger partial charge in [0.15, 0.2) is 0 Å². The van der Waals surface area contributed by atoms with Crippen LogP contribution in [0.25, 0.3) is 0 Å². The molecular formula is C24H22ClN3O2. The van der Waals surface area contributed by atoms with Crippen LogP contribution in [0.1, 0.15) is 22.7 Å². The van der Waals surface area contributed by atoms with Gasteiger partial charge in [0.2, 0.25) is 0 Å². The number of hydrogen-bond donors (Lipinski definition) is 2. The molecule has 2 N–H and O–H groups in total. The summed E-state index contributed by atoms with van der Waals surface area (Å²) < 4.78 is 0. The Morgan fingerprint density at radius 3 is 2.50 bits per heavy atom. The predicted octanol–water partition coefficient (Wildman–Crippen LogP) is 5.10. The number of carbonyl (C=O) groups excluding carboxylic acids is 2. The van der Waals surface area contributed by atoms with E-state index in [1.807, 2.05) is 61.5 Å². The molecule has 1 atom stereocenters. The van der Waals surface area contributed by atoms with Crippen molar-refractivity contribution in [2.45, 2.75) is 19.4 Å². The SMILES string of the molecule is Cc1c(Cl)cccc1NC(=O)NC(C(=O)N1CCc2ccccc21)c1ccccc1. The number of carbonyl (C=O) groups is 2. The fraction of sp³-hybridized carbons (Fsp3) is 0.167. The maximum absolute atomic E-state index is 13.5. The van der Waals surface area contributed by atoms with Crippen LogP contribution in [0.3, 0.4) is 0 Å². The zero-order chi connectivity index (χ0) is 21.1. The van der Waals surface area contributed by atoms with Gasteiger partial charge in [0.1, 0.15) is 6.04 Å². The molecule has 0 spiro atoms. The number of hydrogen-bond acceptors (Lipinski definition) is 2. The van der Waals surface area contributed by atoms with Crippen molar-refractivity contribution in [3.63, 3.8) is 0 Å². The van der Waals surface area contributed by atoms with Gasteiger partial charge in [0.05, 0.1) is 0 Å². The predicted molar refractivity (Wildman–Crippen MR) is 120 cm³/mol. The average molecular weight is 420 g/mol. The van der Waals surface area contributed by atoms with Crippen molar-refractivity contribution in [3.05, 3.63) is 94.5 Å². The summed E-state index contributed by atoms with van der Waals surface area (Å²) in [5.41, 5.74) is 4.13. The Morgan fingerprint density at radius 1 is 0.967 bits per heavy atom. The number of para-hydroxylation sites is 1. The summed E-state index contributed by atoms with van der Waals surface area (Å²) in [6.45, 7) is 2.43. The molecule has 3 aromatic carbocycles. The van der Waals surface area contributed by atoms with Gasteiger partial charge >= 0.3 is 6.03 Å². The van der Waals surface area contributed by atoms with Crippen LogP contribution in [-0.4, -0.2) is 18.5 Å². The van der Waals surface area contributed by atoms with Crippen LogP contribution >= 0.6 is 11.6 Å². The summed E-state index contributed by atoms with van der Waals surface area (Å²) in [5, 5.41) is 6.23. The Morgan fingerprint density at radius 2 is 1.70 bits per heavy atom. The molecule has 152 valence electrons. The van der Waals surface area contributed by atoms with Gasteiger partial charge in [-0.25, -0.2) is 4.79 Å². The van der Waals surface area contributed by atoms with Gasteiger partial charge in [-0.3, -0.25) is 4.79 Å². The second-order valence-electron chi connectivity index (χ2n) is 7.22. The molecule has 30 heavy (non-hydrogen) atoms. The lowest BCUT2D eigenvalue weighted by Crippen LogP contribution is -2.44. The Bertz CT molecular complexity index is 1080. The Hall–Kier alpha value is -3.31. The van der Waals surface area contributed by atoms with Crippen molar-refractivity contribution >= 4 is 34.9 Å². The van der Waals surface area contributed by atoms with E-state index in [2.05, 4.69) is 10.6 Å². The van der Waals surface area contributed by atoms with Crippen molar-refractivity contribution < 1.29 is 9.59 Å². The minimum absolute atomic E-state index is 0.163. The number of nitrogens with one attached hydrogen (secondary N) is 2. The Labute approximate surface area is 180 Å². The van der Waals surface area contributed by atoms with Gasteiger partial charge in [-0.1, -0.05) is 66.2 Å². The number of anilines is 2. The smallest absolute Gasteiger partial charge is 0.320 e. The first-order valence-corrected chi connectivity index (χ1v) is 10.2. The standard InChI is InChI=1S/C24H22ClN3O2/c1-16-19(25)11-7-12-20(16)26-24(30)27-22(18-9-3-2-4-10-18)23(29)28-15-14-17-8-5-6-13-21(17)28/h2-13,22H,14-15H2,1H3,(H2,26,27,30). The maximum atomic E-state index is 13.5. The van der Waals surface area contributed by atoms with E-state index in [-0.39, 0.29) is 5.91 Å². The van der Waals surface area contributed by atoms with E-state index in [1.165, 1.54) is 0 Å². The summed E-state index contributed by atoms with van der Waals surface area (Å²) in [7, 11) is 0. The first-order valence-electron chi connectivity index (χ1n) is 9.81. The lowest BCUT2D eigenvalue weighted by atomic mass is 10.1. The van der Waals surface area contributed by atoms with E-state index in [1.54, 1.807) is 23.1 Å². The zero-order valence-electron chi connectivity index (χ0n) is 16.6. The molecule has 3 amide bonds. The van der Waals surface area contributed by atoms with Gasteiger partial charge in [0.25, 0.3) is 5.91 Å². The molecule has 3 aromatic rings. The first kappa shape index (κ1) is 20.0. The van der Waals surface area contributed by atoms with Crippen molar-refractivity contribution in [2.24, 2.45) is 0 Å². The van der Waals surface area contributed by atoms with E-state index in [4.69, 9.17) is 11.6 Å². The third kappa shape index (κ3) is 4.02. The molecule has 4 rings (SSSR count). The molecule has 0 saturated carbocycles. The molecule has 1 aliphatic rings. The molecule has 0 aromatic heterocycles. The minimum atomic E-state index is -0.808. The highest BCUT2D eigenvalue weighted by atomic mass is 35.5. The van der Waals surface area contributed by atoms with Crippen molar-refractivity contribution in [3.8, 4) is 0 Å². The second-order valence-corrected chi connectivity index (χ2v) is 7.63. The number of halogens is 1. The summed E-state index contributed by atoms with van der Waals surface area (Å²) >= 11 is 6.15. The number of benzene rings is 3. The number of urea groups is 1. The number of rotatable bonds is 4. The molecule has 0 saturated heterocycles. The topological polar surface area (TPSA) is 61.4 Å². The van der Waals surface area contributed by atoms with Gasteiger partial charge in [-0.2, -0.15) is 0 Å². The summed E-state index contributed by atoms with van der Waals surface area (Å²) in [4.78, 5) is 28.0. The molecule has 6 heteroatoms. The monoisotopic (exact) mass is 419 g/mol. The number of amides is 3. The lowest BCUT2D eigenvalue weighted by molar-refractivity contribution is -0.120. The molecule has 1 aliphatic heterocycles. The quantitative estimate of drug-likeness (QED) is 0.618. The van der Waals surface area contributed by atoms with Gasteiger partial charge in [-0.05, 0) is 48.2 Å². The molecule has 0 aliphatic carbocycles. The van der Waals surface area contributed by atoms with Gasteiger partial charge < -0.3 is 15.5 Å². The third-order valence-corrected chi connectivity index (χ3v) is 5.73. The van der Waals surface area contributed by atoms with Crippen molar-refractivity contribution in [1.29, 1.82) is 0 Å². The third-order valence-electron chi connectivity index (χ3n) is 5.32. The van der Waals surface area contributed by atoms with E-state index in [0.29, 0.717) is 17.3 Å². The Kier molecular flexibility index (Phi) is 5.72. The fourth-order valence-corrected chi connectivity index (χ4v) is 3.86. The maximum Gasteiger partial charge on any atom is 0.320 e. The van der Waals surface area contributed by atoms with Crippen LogP contribution in [0.2, 0.25) is 5.02 Å². The molecule has 0 fully saturated rings. The van der Waals surface area contributed by atoms with Gasteiger partial charge in [0, 0.05) is 22.9 Å². The molecule has 0 bridgehead atoms. The first-order chi connectivity index (χ1) is 14.5. The van der Waals surface area contributed by atoms with E-state index >= 15 is 0 Å². The summed E-state index contributed by atoms with van der Waals surface area (Å²) in [6.07, 6.45) is 0.803. The van der Waals surface area contributed by atoms with Crippen LogP contribution in [0.15, 0.2) is 72.8 Å². The molecule has 5 nitrogen and oxygen atoms in total. The summed E-state index contributed by atoms with van der Waals surface area (Å²) in [5.74, 6) is -0.163. The molecular weight excluding hydrogens is 398 g/mol. The van der Waals surface area contributed by atoms with Crippen molar-refractivity contribution in [1.82, 2.24) is 5.32 Å². The Balaban J connectivity index is 1.59. The molecule has 0 radical (unpaired) electrons. The van der Waals surface area contributed by atoms with E-state index in [0.717, 1.165) is 28.8 Å². The highest BCUT2D eigenvalue weighted by Crippen LogP contribution is 2.30. The van der Waals surface area contributed by atoms with E-state index in [9.17, 15) is 9.59 Å². The number of nitrogens with zero attached hydrogens (tertiary/aromatic N) is 1. The fourth-order valence-electron chi connectivity index (χ4n) is 3.69. The highest BCUT2D eigenvalue weighted by molar-refractivity contribution is 6.31. The molecule has 1 unspecified atom stereocenters. The number of fused-ring (bicyclic) bond motifs is 1. The zero-order valence-corrected chi connectivity index (χ0v) is 17.3. The van der Waals surface area contributed by atoms with Crippen LogP contribution in [0, 0.1) is 6.92 Å². The van der Waals surface area contributed by atoms with Crippen LogP contribution < -0.4 is 15.5 Å². The second kappa shape index (κ2) is 8.59. The largest absolute Gasteiger partial charge is 0.322 e. The molecule has 1 heterocycles.